The Hall–Kier alpha value is -1.96. The summed E-state index contributed by atoms with van der Waals surface area (Å²) in [6.45, 7) is 2.36. The van der Waals surface area contributed by atoms with E-state index in [-0.39, 0.29) is 5.92 Å². The van der Waals surface area contributed by atoms with E-state index in [1.54, 1.807) is 18.3 Å². The van der Waals surface area contributed by atoms with Gasteiger partial charge in [0.05, 0.1) is 11.1 Å². The van der Waals surface area contributed by atoms with Gasteiger partial charge in [-0.15, -0.1) is 11.3 Å². The van der Waals surface area contributed by atoms with Crippen LogP contribution < -0.4 is 4.72 Å². The molecule has 0 spiro atoms. The fourth-order valence-electron chi connectivity index (χ4n) is 3.05. The van der Waals surface area contributed by atoms with Crippen LogP contribution in [0.5, 0.6) is 0 Å². The minimum atomic E-state index is -3.55. The minimum Gasteiger partial charge on any atom is -0.440 e. The number of nitrogens with zero attached hydrogens (tertiary/aromatic N) is 1. The number of hydrogen-bond acceptors (Lipinski definition) is 5. The number of oxazole rings is 1. The van der Waals surface area contributed by atoms with Crippen molar-refractivity contribution >= 4 is 21.4 Å². The van der Waals surface area contributed by atoms with E-state index in [1.807, 2.05) is 37.3 Å². The number of rotatable bonds is 7. The number of thiophene rings is 1. The lowest BCUT2D eigenvalue weighted by Gasteiger charge is -2.21. The summed E-state index contributed by atoms with van der Waals surface area (Å²) in [6.07, 6.45) is 5.15. The molecule has 1 aromatic carbocycles. The first-order valence-electron chi connectivity index (χ1n) is 9.13. The first kappa shape index (κ1) is 18.4. The molecule has 142 valence electrons. The Labute approximate surface area is 163 Å². The van der Waals surface area contributed by atoms with E-state index < -0.39 is 10.0 Å². The smallest absolute Gasteiger partial charge is 0.250 e. The van der Waals surface area contributed by atoms with Gasteiger partial charge in [0.1, 0.15) is 4.21 Å². The molecule has 1 saturated carbocycles. The van der Waals surface area contributed by atoms with Crippen molar-refractivity contribution in [1.82, 2.24) is 9.71 Å². The van der Waals surface area contributed by atoms with Crippen molar-refractivity contribution in [2.45, 2.75) is 42.2 Å². The summed E-state index contributed by atoms with van der Waals surface area (Å²) >= 11 is 1.21. The average molecular weight is 403 g/mol. The molecule has 0 saturated heterocycles. The van der Waals surface area contributed by atoms with Crippen LogP contribution in [-0.2, 0) is 10.0 Å². The van der Waals surface area contributed by atoms with Crippen LogP contribution >= 0.6 is 11.3 Å². The molecule has 4 rings (SSSR count). The first-order valence-corrected chi connectivity index (χ1v) is 11.4. The maximum atomic E-state index is 12.6. The Balaban J connectivity index is 1.44. The predicted octanol–water partition coefficient (Wildman–Crippen LogP) is 4.75. The molecule has 1 aliphatic rings. The molecule has 0 amide bonds. The standard InChI is InChI=1S/C20H22N2O3S2/c1-14(15-6-3-2-4-7-15)12-22-27(23,24)19-11-10-18(26-19)17-13-21-20(25-17)16-8-5-9-16/h2-4,6-7,10-11,13-14,16,22H,5,8-9,12H2,1H3/t14-/m1/s1. The van der Waals surface area contributed by atoms with E-state index in [1.165, 1.54) is 17.8 Å². The van der Waals surface area contributed by atoms with Crippen molar-refractivity contribution in [3.8, 4) is 10.6 Å². The number of benzene rings is 1. The summed E-state index contributed by atoms with van der Waals surface area (Å²) in [5.74, 6) is 1.92. The molecule has 1 fully saturated rings. The first-order chi connectivity index (χ1) is 13.0. The molecule has 0 unspecified atom stereocenters. The normalized spacial score (nSPS) is 16.2. The van der Waals surface area contributed by atoms with E-state index in [0.717, 1.165) is 29.2 Å². The fraction of sp³-hybridized carbons (Fsp3) is 0.350. The van der Waals surface area contributed by atoms with E-state index in [4.69, 9.17) is 4.42 Å². The summed E-state index contributed by atoms with van der Waals surface area (Å²) in [5, 5.41) is 0. The van der Waals surface area contributed by atoms with Crippen molar-refractivity contribution in [1.29, 1.82) is 0 Å². The highest BCUT2D eigenvalue weighted by Crippen LogP contribution is 2.38. The van der Waals surface area contributed by atoms with Crippen LogP contribution in [0, 0.1) is 0 Å². The quantitative estimate of drug-likeness (QED) is 0.619. The minimum absolute atomic E-state index is 0.0970. The lowest BCUT2D eigenvalue weighted by molar-refractivity contribution is 0.338. The van der Waals surface area contributed by atoms with Crippen LogP contribution in [0.2, 0.25) is 0 Å². The molecule has 7 heteroatoms. The third-order valence-electron chi connectivity index (χ3n) is 5.02. The number of sulfonamides is 1. The molecule has 0 radical (unpaired) electrons. The van der Waals surface area contributed by atoms with Gasteiger partial charge in [0.25, 0.3) is 0 Å². The Kier molecular flexibility index (Phi) is 5.16. The van der Waals surface area contributed by atoms with Crippen LogP contribution in [0.25, 0.3) is 10.6 Å². The summed E-state index contributed by atoms with van der Waals surface area (Å²) in [5.41, 5.74) is 1.11. The van der Waals surface area contributed by atoms with Gasteiger partial charge < -0.3 is 4.42 Å². The summed E-state index contributed by atoms with van der Waals surface area (Å²) < 4.78 is 34.1. The molecule has 1 aliphatic carbocycles. The second kappa shape index (κ2) is 7.58. The van der Waals surface area contributed by atoms with Crippen molar-refractivity contribution in [2.24, 2.45) is 0 Å². The molecule has 1 atom stereocenters. The van der Waals surface area contributed by atoms with Crippen LogP contribution in [0.3, 0.4) is 0 Å². The SMILES string of the molecule is C[C@H](CNS(=O)(=O)c1ccc(-c2cnc(C3CCC3)o2)s1)c1ccccc1. The molecule has 1 N–H and O–H groups in total. The van der Waals surface area contributed by atoms with E-state index in [2.05, 4.69) is 9.71 Å². The topological polar surface area (TPSA) is 72.2 Å². The lowest BCUT2D eigenvalue weighted by atomic mass is 9.85. The van der Waals surface area contributed by atoms with Crippen LogP contribution in [0.15, 0.2) is 57.3 Å². The van der Waals surface area contributed by atoms with Gasteiger partial charge in [-0.25, -0.2) is 18.1 Å². The molecule has 0 bridgehead atoms. The highest BCUT2D eigenvalue weighted by molar-refractivity contribution is 7.91. The zero-order chi connectivity index (χ0) is 18.9. The molecular weight excluding hydrogens is 380 g/mol. The lowest BCUT2D eigenvalue weighted by Crippen LogP contribution is -2.27. The summed E-state index contributed by atoms with van der Waals surface area (Å²) in [7, 11) is -3.55. The zero-order valence-electron chi connectivity index (χ0n) is 15.1. The van der Waals surface area contributed by atoms with Crippen LogP contribution in [0.4, 0.5) is 0 Å². The van der Waals surface area contributed by atoms with Gasteiger partial charge in [-0.3, -0.25) is 0 Å². The largest absolute Gasteiger partial charge is 0.440 e. The zero-order valence-corrected chi connectivity index (χ0v) is 16.7. The van der Waals surface area contributed by atoms with Gasteiger partial charge in [-0.05, 0) is 36.5 Å². The molecule has 5 nitrogen and oxygen atoms in total. The number of hydrogen-bond donors (Lipinski definition) is 1. The van der Waals surface area contributed by atoms with Gasteiger partial charge in [-0.1, -0.05) is 43.7 Å². The molecular formula is C20H22N2O3S2. The third-order valence-corrected chi connectivity index (χ3v) is 8.03. The Bertz CT molecular complexity index is 1000. The Morgan fingerprint density at radius 2 is 2.00 bits per heavy atom. The van der Waals surface area contributed by atoms with Crippen molar-refractivity contribution < 1.29 is 12.8 Å². The second-order valence-electron chi connectivity index (χ2n) is 6.97. The van der Waals surface area contributed by atoms with Gasteiger partial charge in [-0.2, -0.15) is 0 Å². The molecule has 2 aromatic heterocycles. The van der Waals surface area contributed by atoms with E-state index in [0.29, 0.717) is 22.4 Å². The van der Waals surface area contributed by atoms with Gasteiger partial charge in [0.2, 0.25) is 10.0 Å². The average Bonchev–Trinajstić information content (AvgIpc) is 3.29. The molecule has 27 heavy (non-hydrogen) atoms. The highest BCUT2D eigenvalue weighted by atomic mass is 32.2. The van der Waals surface area contributed by atoms with Gasteiger partial charge >= 0.3 is 0 Å². The van der Waals surface area contributed by atoms with Crippen LogP contribution in [-0.4, -0.2) is 19.9 Å². The second-order valence-corrected chi connectivity index (χ2v) is 10.1. The summed E-state index contributed by atoms with van der Waals surface area (Å²) in [4.78, 5) is 5.14. The maximum Gasteiger partial charge on any atom is 0.250 e. The maximum absolute atomic E-state index is 12.6. The number of aromatic nitrogens is 1. The molecule has 2 heterocycles. The van der Waals surface area contributed by atoms with Gasteiger partial charge in [0.15, 0.2) is 11.7 Å². The van der Waals surface area contributed by atoms with E-state index >= 15 is 0 Å². The Morgan fingerprint density at radius 1 is 1.22 bits per heavy atom. The predicted molar refractivity (Wildman–Crippen MR) is 106 cm³/mol. The molecule has 3 aromatic rings. The monoisotopic (exact) mass is 402 g/mol. The molecule has 0 aliphatic heterocycles. The van der Waals surface area contributed by atoms with Crippen LogP contribution in [0.1, 0.15) is 49.5 Å². The third kappa shape index (κ3) is 4.00. The summed E-state index contributed by atoms with van der Waals surface area (Å²) in [6, 6.07) is 13.3. The Morgan fingerprint density at radius 3 is 2.70 bits per heavy atom. The highest BCUT2D eigenvalue weighted by Gasteiger charge is 2.25. The van der Waals surface area contributed by atoms with E-state index in [9.17, 15) is 8.42 Å². The van der Waals surface area contributed by atoms with Crippen molar-refractivity contribution in [2.75, 3.05) is 6.54 Å². The van der Waals surface area contributed by atoms with Crippen molar-refractivity contribution in [3.05, 3.63) is 60.1 Å². The fourth-order valence-corrected chi connectivity index (χ4v) is 5.48. The van der Waals surface area contributed by atoms with Crippen molar-refractivity contribution in [3.63, 3.8) is 0 Å². The van der Waals surface area contributed by atoms with Gasteiger partial charge in [0, 0.05) is 12.5 Å². The number of nitrogens with one attached hydrogen (secondary N) is 1.